The van der Waals surface area contributed by atoms with Gasteiger partial charge in [0.25, 0.3) is 0 Å². The molecule has 1 atom stereocenters. The Labute approximate surface area is 207 Å². The van der Waals surface area contributed by atoms with Gasteiger partial charge in [-0.15, -0.1) is 0 Å². The van der Waals surface area contributed by atoms with Crippen molar-refractivity contribution >= 4 is 37.8 Å². The van der Waals surface area contributed by atoms with Crippen LogP contribution in [0.5, 0.6) is 0 Å². The average molecular weight is 514 g/mol. The lowest BCUT2D eigenvalue weighted by molar-refractivity contribution is -0.0288. The zero-order valence-electron chi connectivity index (χ0n) is 19.8. The summed E-state index contributed by atoms with van der Waals surface area (Å²) in [5, 5.41) is 19.2. The minimum Gasteiger partial charge on any atom is -0.451 e. The van der Waals surface area contributed by atoms with E-state index in [0.29, 0.717) is 81.0 Å². The molecule has 1 aromatic carbocycles. The molecule has 0 spiro atoms. The van der Waals surface area contributed by atoms with Crippen molar-refractivity contribution in [3.63, 3.8) is 0 Å². The number of fused-ring (bicyclic) bond motifs is 2. The largest absolute Gasteiger partial charge is 0.451 e. The first-order chi connectivity index (χ1) is 17.4. The lowest BCUT2D eigenvalue weighted by Gasteiger charge is -2.35. The second kappa shape index (κ2) is 9.09. The Balaban J connectivity index is 1.39. The monoisotopic (exact) mass is 513 g/mol. The number of hydrogen-bond acceptors (Lipinski definition) is 10. The van der Waals surface area contributed by atoms with Crippen molar-refractivity contribution in [3.05, 3.63) is 36.2 Å². The molecule has 2 N–H and O–H groups in total. The number of H-pyrrole nitrogens is 1. The smallest absolute Gasteiger partial charge is 0.211 e. The van der Waals surface area contributed by atoms with Crippen molar-refractivity contribution < 1.29 is 22.7 Å². The van der Waals surface area contributed by atoms with Crippen LogP contribution in [0.1, 0.15) is 12.0 Å². The number of nitrogens with zero attached hydrogens (tertiary/aromatic N) is 6. The van der Waals surface area contributed by atoms with Crippen LogP contribution in [-0.2, 0) is 14.8 Å². The van der Waals surface area contributed by atoms with Crippen LogP contribution in [0.15, 0.2) is 34.9 Å². The van der Waals surface area contributed by atoms with Crippen molar-refractivity contribution in [2.45, 2.75) is 6.23 Å². The average Bonchev–Trinajstić information content (AvgIpc) is 3.55. The molecule has 2 aliphatic rings. The summed E-state index contributed by atoms with van der Waals surface area (Å²) in [7, 11) is -3.26. The highest BCUT2D eigenvalue weighted by Crippen LogP contribution is 2.35. The fourth-order valence-electron chi connectivity index (χ4n) is 4.79. The molecule has 0 amide bonds. The summed E-state index contributed by atoms with van der Waals surface area (Å²) in [5.41, 5.74) is 2.83. The molecular formula is C23H27N7O5S. The van der Waals surface area contributed by atoms with E-state index in [2.05, 4.69) is 15.1 Å². The number of aromatic nitrogens is 4. The van der Waals surface area contributed by atoms with Crippen LogP contribution in [0.3, 0.4) is 0 Å². The molecule has 2 fully saturated rings. The van der Waals surface area contributed by atoms with E-state index in [-0.39, 0.29) is 0 Å². The number of nitrogens with one attached hydrogen (secondary N) is 1. The van der Waals surface area contributed by atoms with Gasteiger partial charge in [0, 0.05) is 56.3 Å². The maximum atomic E-state index is 11.8. The standard InChI is InChI=1S/C23H27N7O5S/c1-36(32,33)30-7-5-29(6-8-30)23(31)19-13-18-20(35-19)22(28-9-11-34-12-10-28)26-21(25-18)15-3-2-4-17-16(15)14-24-27-17/h2-4,13-14,23,31H,5-12H2,1H3,(H,24,27)/t23-/m0/s1. The third kappa shape index (κ3) is 4.22. The van der Waals surface area contributed by atoms with Gasteiger partial charge in [0.1, 0.15) is 5.52 Å². The zero-order valence-corrected chi connectivity index (χ0v) is 20.6. The molecule has 2 aliphatic heterocycles. The van der Waals surface area contributed by atoms with Crippen LogP contribution in [0.25, 0.3) is 33.4 Å². The molecule has 5 heterocycles. The third-order valence-corrected chi connectivity index (χ3v) is 8.05. The Morgan fingerprint density at radius 3 is 2.61 bits per heavy atom. The Morgan fingerprint density at radius 2 is 1.86 bits per heavy atom. The van der Waals surface area contributed by atoms with E-state index in [4.69, 9.17) is 19.1 Å². The number of aliphatic hydroxyl groups is 1. The third-order valence-electron chi connectivity index (χ3n) is 6.75. The van der Waals surface area contributed by atoms with Gasteiger partial charge >= 0.3 is 0 Å². The number of aliphatic hydroxyl groups excluding tert-OH is 1. The highest BCUT2D eigenvalue weighted by atomic mass is 32.2. The predicted molar refractivity (Wildman–Crippen MR) is 133 cm³/mol. The molecule has 13 heteroatoms. The van der Waals surface area contributed by atoms with Crippen molar-refractivity contribution in [1.82, 2.24) is 29.4 Å². The van der Waals surface area contributed by atoms with Crippen LogP contribution in [0.2, 0.25) is 0 Å². The molecule has 190 valence electrons. The fourth-order valence-corrected chi connectivity index (χ4v) is 5.62. The number of piperazine rings is 1. The number of sulfonamides is 1. The van der Waals surface area contributed by atoms with Gasteiger partial charge < -0.3 is 19.2 Å². The SMILES string of the molecule is CS(=O)(=O)N1CCN([C@@H](O)c2cc3nc(-c4cccc5[nH]ncc45)nc(N4CCOCC4)c3o2)CC1. The summed E-state index contributed by atoms with van der Waals surface area (Å²) >= 11 is 0. The van der Waals surface area contributed by atoms with E-state index in [1.807, 2.05) is 18.2 Å². The Morgan fingerprint density at radius 1 is 1.08 bits per heavy atom. The number of benzene rings is 1. The molecule has 2 saturated heterocycles. The number of anilines is 1. The van der Waals surface area contributed by atoms with Crippen LogP contribution in [-0.4, -0.2) is 102 Å². The summed E-state index contributed by atoms with van der Waals surface area (Å²) in [4.78, 5) is 13.6. The molecule has 0 bridgehead atoms. The van der Waals surface area contributed by atoms with E-state index in [1.165, 1.54) is 10.6 Å². The van der Waals surface area contributed by atoms with Crippen molar-refractivity contribution in [1.29, 1.82) is 0 Å². The summed E-state index contributed by atoms with van der Waals surface area (Å²) in [6, 6.07) is 7.58. The van der Waals surface area contributed by atoms with Gasteiger partial charge in [-0.05, 0) is 6.07 Å². The van der Waals surface area contributed by atoms with Gasteiger partial charge in [-0.2, -0.15) is 9.40 Å². The lowest BCUT2D eigenvalue weighted by Crippen LogP contribution is -2.49. The Kier molecular flexibility index (Phi) is 5.88. The minimum atomic E-state index is -3.26. The number of furan rings is 1. The maximum absolute atomic E-state index is 11.8. The maximum Gasteiger partial charge on any atom is 0.211 e. The molecule has 4 aromatic rings. The summed E-state index contributed by atoms with van der Waals surface area (Å²) in [6.07, 6.45) is 1.93. The van der Waals surface area contributed by atoms with Gasteiger partial charge in [-0.25, -0.2) is 18.4 Å². The minimum absolute atomic E-state index is 0.313. The highest BCUT2D eigenvalue weighted by Gasteiger charge is 2.30. The first-order valence-corrected chi connectivity index (χ1v) is 13.7. The highest BCUT2D eigenvalue weighted by molar-refractivity contribution is 7.88. The number of aromatic amines is 1. The Bertz CT molecular complexity index is 1500. The number of hydrogen-bond donors (Lipinski definition) is 2. The van der Waals surface area contributed by atoms with Gasteiger partial charge in [0.2, 0.25) is 10.0 Å². The van der Waals surface area contributed by atoms with Crippen LogP contribution in [0.4, 0.5) is 5.82 Å². The van der Waals surface area contributed by atoms with Gasteiger partial charge in [-0.3, -0.25) is 10.00 Å². The molecule has 0 unspecified atom stereocenters. The van der Waals surface area contributed by atoms with E-state index >= 15 is 0 Å². The quantitative estimate of drug-likeness (QED) is 0.399. The predicted octanol–water partition coefficient (Wildman–Crippen LogP) is 1.17. The van der Waals surface area contributed by atoms with E-state index < -0.39 is 16.3 Å². The number of rotatable bonds is 5. The lowest BCUT2D eigenvalue weighted by atomic mass is 10.1. The molecule has 36 heavy (non-hydrogen) atoms. The molecule has 6 rings (SSSR count). The number of morpholine rings is 1. The van der Waals surface area contributed by atoms with Gasteiger partial charge in [0.05, 0.1) is 31.2 Å². The van der Waals surface area contributed by atoms with Crippen molar-refractivity contribution in [2.24, 2.45) is 0 Å². The molecule has 12 nitrogen and oxygen atoms in total. The second-order valence-corrected chi connectivity index (χ2v) is 11.0. The second-order valence-electron chi connectivity index (χ2n) is 9.04. The summed E-state index contributed by atoms with van der Waals surface area (Å²) < 4.78 is 36.8. The summed E-state index contributed by atoms with van der Waals surface area (Å²) in [5.74, 6) is 1.54. The first kappa shape index (κ1) is 23.3. The van der Waals surface area contributed by atoms with Crippen LogP contribution >= 0.6 is 0 Å². The van der Waals surface area contributed by atoms with E-state index in [9.17, 15) is 13.5 Å². The normalized spacial score (nSPS) is 19.3. The molecule has 0 saturated carbocycles. The van der Waals surface area contributed by atoms with E-state index in [0.717, 1.165) is 16.5 Å². The van der Waals surface area contributed by atoms with Gasteiger partial charge in [0.15, 0.2) is 29.2 Å². The van der Waals surface area contributed by atoms with Crippen molar-refractivity contribution in [3.8, 4) is 11.4 Å². The fraction of sp³-hybridized carbons (Fsp3) is 0.435. The van der Waals surface area contributed by atoms with Crippen LogP contribution in [0, 0.1) is 0 Å². The topological polar surface area (TPSA) is 141 Å². The van der Waals surface area contributed by atoms with Crippen LogP contribution < -0.4 is 4.90 Å². The Hall–Kier alpha value is -3.10. The molecular weight excluding hydrogens is 486 g/mol. The molecule has 0 aliphatic carbocycles. The van der Waals surface area contributed by atoms with Gasteiger partial charge in [-0.1, -0.05) is 12.1 Å². The first-order valence-electron chi connectivity index (χ1n) is 11.8. The number of ether oxygens (including phenoxy) is 1. The molecule has 0 radical (unpaired) electrons. The summed E-state index contributed by atoms with van der Waals surface area (Å²) in [6.45, 7) is 3.89. The van der Waals surface area contributed by atoms with Crippen molar-refractivity contribution in [2.75, 3.05) is 63.6 Å². The molecule has 3 aromatic heterocycles. The zero-order chi connectivity index (χ0) is 24.9. The van der Waals surface area contributed by atoms with E-state index in [1.54, 1.807) is 17.2 Å².